The van der Waals surface area contributed by atoms with Gasteiger partial charge in [0.1, 0.15) is 12.4 Å². The number of hydrogen-bond donors (Lipinski definition) is 2. The lowest BCUT2D eigenvalue weighted by Gasteiger charge is -2.42. The summed E-state index contributed by atoms with van der Waals surface area (Å²) in [6.07, 6.45) is 3.37. The lowest BCUT2D eigenvalue weighted by Crippen LogP contribution is -2.49. The minimum atomic E-state index is -1.94. The molecule has 0 unspecified atom stereocenters. The van der Waals surface area contributed by atoms with E-state index < -0.39 is 21.0 Å². The Labute approximate surface area is 177 Å². The van der Waals surface area contributed by atoms with Gasteiger partial charge in [0.05, 0.1) is 15.8 Å². The maximum Gasteiger partial charge on any atom is 0.490 e. The predicted molar refractivity (Wildman–Crippen MR) is 119 cm³/mol. The summed E-state index contributed by atoms with van der Waals surface area (Å²) in [7, 11) is -3.56. The average molecular weight is 469 g/mol. The zero-order valence-electron chi connectivity index (χ0n) is 17.7. The molecule has 2 N–H and O–H groups in total. The van der Waals surface area contributed by atoms with Crippen LogP contribution in [0.15, 0.2) is 35.1 Å². The van der Waals surface area contributed by atoms with Crippen molar-refractivity contribution in [2.24, 2.45) is 0 Å². The Balaban J connectivity index is 2.26. The Hall–Kier alpha value is -1.13. The summed E-state index contributed by atoms with van der Waals surface area (Å²) in [5, 5.41) is 23.7. The lowest BCUT2D eigenvalue weighted by molar-refractivity contribution is 0.0389. The number of benzene rings is 1. The van der Waals surface area contributed by atoms with E-state index in [0.717, 1.165) is 0 Å². The molecule has 0 radical (unpaired) electrons. The van der Waals surface area contributed by atoms with Crippen LogP contribution in [0.25, 0.3) is 5.69 Å². The van der Waals surface area contributed by atoms with Crippen LogP contribution in [-0.2, 0) is 4.43 Å². The van der Waals surface area contributed by atoms with E-state index in [1.54, 1.807) is 35.3 Å². The summed E-state index contributed by atoms with van der Waals surface area (Å²) in [6.45, 7) is 15.5. The zero-order chi connectivity index (χ0) is 21.3. The molecule has 9 heteroatoms. The molecule has 0 aliphatic rings. The molecule has 0 aliphatic carbocycles. The fourth-order valence-electron chi connectivity index (χ4n) is 2.61. The molecular weight excluding hydrogens is 439 g/mol. The van der Waals surface area contributed by atoms with Crippen LogP contribution < -0.4 is 10.2 Å². The smallest absolute Gasteiger partial charge is 0.489 e. The van der Waals surface area contributed by atoms with E-state index in [1.165, 1.54) is 0 Å². The third kappa shape index (κ3) is 5.48. The number of hydrogen-bond acceptors (Lipinski definition) is 5. The maximum atomic E-state index is 9.72. The molecule has 1 aromatic carbocycles. The second kappa shape index (κ2) is 8.32. The second-order valence-corrected chi connectivity index (χ2v) is 14.7. The van der Waals surface area contributed by atoms with Gasteiger partial charge in [0, 0.05) is 23.9 Å². The van der Waals surface area contributed by atoms with Crippen LogP contribution in [0.4, 0.5) is 0 Å². The van der Waals surface area contributed by atoms with E-state index in [1.807, 2.05) is 13.8 Å². The standard InChI is InChI=1S/C19H30BBrN2O4Si/c1-18(2,3)28(6,7)27-19(4,5)13-26-17-12-16(23-10-8-9-22-23)14(20(24)25)11-15(17)21/h8-12,24-25H,13H2,1-7H3. The van der Waals surface area contributed by atoms with Crippen molar-refractivity contribution >= 4 is 36.8 Å². The van der Waals surface area contributed by atoms with Crippen LogP contribution in [-0.4, -0.2) is 47.5 Å². The molecule has 28 heavy (non-hydrogen) atoms. The molecule has 0 saturated carbocycles. The van der Waals surface area contributed by atoms with Crippen LogP contribution in [0.3, 0.4) is 0 Å². The lowest BCUT2D eigenvalue weighted by atomic mass is 9.79. The first-order valence-corrected chi connectivity index (χ1v) is 13.0. The average Bonchev–Trinajstić information content (AvgIpc) is 3.05. The summed E-state index contributed by atoms with van der Waals surface area (Å²) in [5.74, 6) is 0.585. The molecule has 1 heterocycles. The van der Waals surface area contributed by atoms with E-state index in [9.17, 15) is 10.0 Å². The van der Waals surface area contributed by atoms with Gasteiger partial charge in [-0.2, -0.15) is 5.10 Å². The molecule has 0 atom stereocenters. The van der Waals surface area contributed by atoms with E-state index >= 15 is 0 Å². The Kier molecular flexibility index (Phi) is 6.88. The van der Waals surface area contributed by atoms with Gasteiger partial charge in [-0.05, 0) is 60.0 Å². The molecule has 0 aliphatic heterocycles. The van der Waals surface area contributed by atoms with Gasteiger partial charge >= 0.3 is 7.12 Å². The molecular formula is C19H30BBrN2O4Si. The Morgan fingerprint density at radius 2 is 1.82 bits per heavy atom. The van der Waals surface area contributed by atoms with Crippen molar-refractivity contribution in [3.8, 4) is 11.4 Å². The maximum absolute atomic E-state index is 9.72. The summed E-state index contributed by atoms with van der Waals surface area (Å²) >= 11 is 3.46. The first kappa shape index (κ1) is 23.2. The summed E-state index contributed by atoms with van der Waals surface area (Å²) < 4.78 is 14.8. The van der Waals surface area contributed by atoms with Gasteiger partial charge in [0.15, 0.2) is 8.32 Å². The fourth-order valence-corrected chi connectivity index (χ4v) is 4.83. The molecule has 6 nitrogen and oxygen atoms in total. The van der Waals surface area contributed by atoms with Crippen molar-refractivity contribution < 1.29 is 19.2 Å². The van der Waals surface area contributed by atoms with Crippen molar-refractivity contribution in [1.82, 2.24) is 9.78 Å². The molecule has 0 bridgehead atoms. The third-order valence-electron chi connectivity index (χ3n) is 5.02. The van der Waals surface area contributed by atoms with Gasteiger partial charge in [-0.15, -0.1) is 0 Å². The summed E-state index contributed by atoms with van der Waals surface area (Å²) in [6, 6.07) is 5.15. The first-order chi connectivity index (χ1) is 12.7. The minimum absolute atomic E-state index is 0.108. The number of halogens is 1. The van der Waals surface area contributed by atoms with Gasteiger partial charge < -0.3 is 19.2 Å². The van der Waals surface area contributed by atoms with Crippen LogP contribution in [0.2, 0.25) is 18.1 Å². The third-order valence-corrected chi connectivity index (χ3v) is 10.3. The minimum Gasteiger partial charge on any atom is -0.489 e. The molecule has 0 amide bonds. The summed E-state index contributed by atoms with van der Waals surface area (Å²) in [5.41, 5.74) is 0.407. The highest BCUT2D eigenvalue weighted by molar-refractivity contribution is 9.10. The molecule has 0 fully saturated rings. The van der Waals surface area contributed by atoms with Crippen molar-refractivity contribution in [3.05, 3.63) is 35.1 Å². The first-order valence-electron chi connectivity index (χ1n) is 9.26. The monoisotopic (exact) mass is 468 g/mol. The number of nitrogens with zero attached hydrogens (tertiary/aromatic N) is 2. The van der Waals surface area contributed by atoms with Crippen molar-refractivity contribution in [2.75, 3.05) is 6.61 Å². The predicted octanol–water partition coefficient (Wildman–Crippen LogP) is 3.49. The molecule has 154 valence electrons. The van der Waals surface area contributed by atoms with E-state index in [2.05, 4.69) is 54.9 Å². The number of rotatable bonds is 7. The Bertz CT molecular complexity index is 805. The van der Waals surface area contributed by atoms with Crippen LogP contribution in [0, 0.1) is 0 Å². The van der Waals surface area contributed by atoms with Gasteiger partial charge in [-0.25, -0.2) is 4.68 Å². The Morgan fingerprint density at radius 3 is 2.32 bits per heavy atom. The number of aromatic nitrogens is 2. The van der Waals surface area contributed by atoms with Gasteiger partial charge in [-0.3, -0.25) is 0 Å². The molecule has 0 saturated heterocycles. The molecule has 0 spiro atoms. The van der Waals surface area contributed by atoms with E-state index in [-0.39, 0.29) is 5.04 Å². The highest BCUT2D eigenvalue weighted by Gasteiger charge is 2.41. The Morgan fingerprint density at radius 1 is 1.18 bits per heavy atom. The number of ether oxygens (including phenoxy) is 1. The SMILES string of the molecule is CC(C)(COc1cc(-n2cccn2)c(B(O)O)cc1Br)O[Si](C)(C)C(C)(C)C. The topological polar surface area (TPSA) is 76.7 Å². The summed E-state index contributed by atoms with van der Waals surface area (Å²) in [4.78, 5) is 0. The highest BCUT2D eigenvalue weighted by Crippen LogP contribution is 2.39. The van der Waals surface area contributed by atoms with Crippen LogP contribution >= 0.6 is 15.9 Å². The van der Waals surface area contributed by atoms with Crippen molar-refractivity contribution in [1.29, 1.82) is 0 Å². The van der Waals surface area contributed by atoms with Crippen LogP contribution in [0.5, 0.6) is 5.75 Å². The molecule has 1 aromatic heterocycles. The van der Waals surface area contributed by atoms with Gasteiger partial charge in [0.2, 0.25) is 0 Å². The quantitative estimate of drug-likeness (QED) is 0.608. The van der Waals surface area contributed by atoms with Gasteiger partial charge in [-0.1, -0.05) is 20.8 Å². The largest absolute Gasteiger partial charge is 0.490 e. The second-order valence-electron chi connectivity index (χ2n) is 9.08. The fraction of sp³-hybridized carbons (Fsp3) is 0.526. The van der Waals surface area contributed by atoms with Crippen molar-refractivity contribution in [2.45, 2.75) is 58.4 Å². The molecule has 2 aromatic rings. The molecule has 2 rings (SSSR count). The highest BCUT2D eigenvalue weighted by atomic mass is 79.9. The van der Waals surface area contributed by atoms with Gasteiger partial charge in [0.25, 0.3) is 0 Å². The van der Waals surface area contributed by atoms with Crippen molar-refractivity contribution in [3.63, 3.8) is 0 Å². The van der Waals surface area contributed by atoms with E-state index in [4.69, 9.17) is 9.16 Å². The zero-order valence-corrected chi connectivity index (χ0v) is 20.2. The van der Waals surface area contributed by atoms with Crippen LogP contribution in [0.1, 0.15) is 34.6 Å². The normalized spacial score (nSPS) is 12.9. The van der Waals surface area contributed by atoms with E-state index in [0.29, 0.717) is 28.0 Å².